The maximum absolute atomic E-state index is 12.5. The molecule has 0 aliphatic carbocycles. The molecule has 4 rings (SSSR count). The molecule has 0 saturated carbocycles. The fraction of sp³-hybridized carbons (Fsp3) is 0. The number of hydrogen-bond acceptors (Lipinski definition) is 3. The molecule has 2 N–H and O–H groups in total. The van der Waals surface area contributed by atoms with Crippen LogP contribution < -0.4 is 16.1 Å². The van der Waals surface area contributed by atoms with E-state index < -0.39 is 17.3 Å². The first kappa shape index (κ1) is 17.1. The van der Waals surface area contributed by atoms with Crippen LogP contribution in [0.5, 0.6) is 5.88 Å². The van der Waals surface area contributed by atoms with E-state index in [0.717, 1.165) is 9.15 Å². The average Bonchev–Trinajstić information content (AvgIpc) is 3.05. The predicted octanol–water partition coefficient (Wildman–Crippen LogP) is 2.30. The minimum Gasteiger partial charge on any atom is -0.493 e. The summed E-state index contributed by atoms with van der Waals surface area (Å²) in [5.41, 5.74) is -0.349. The summed E-state index contributed by atoms with van der Waals surface area (Å²) in [6, 6.07) is 9.67. The van der Waals surface area contributed by atoms with Crippen molar-refractivity contribution in [2.45, 2.75) is 0 Å². The van der Waals surface area contributed by atoms with Gasteiger partial charge in [-0.2, -0.15) is 0 Å². The molecule has 130 valence electrons. The molecule has 1 aliphatic rings. The Kier molecular flexibility index (Phi) is 4.02. The minimum absolute atomic E-state index is 0.0406. The normalized spacial score (nSPS) is 13.0. The number of amides is 1. The van der Waals surface area contributed by atoms with Crippen molar-refractivity contribution < 1.29 is 9.90 Å². The van der Waals surface area contributed by atoms with E-state index in [1.165, 1.54) is 12.1 Å². The Morgan fingerprint density at radius 1 is 1.08 bits per heavy atom. The topological polar surface area (TPSA) is 87.4 Å². The van der Waals surface area contributed by atoms with Crippen LogP contribution in [-0.2, 0) is 4.79 Å². The van der Waals surface area contributed by atoms with E-state index in [1.54, 1.807) is 24.3 Å². The summed E-state index contributed by atoms with van der Waals surface area (Å²) < 4.78 is 1.86. The predicted molar refractivity (Wildman–Crippen MR) is 101 cm³/mol. The molecule has 0 radical (unpaired) electrons. The summed E-state index contributed by atoms with van der Waals surface area (Å²) in [4.78, 5) is 28.8. The highest BCUT2D eigenvalue weighted by molar-refractivity contribution is 9.10. The summed E-state index contributed by atoms with van der Waals surface area (Å²) in [6.07, 6.45) is 0. The maximum atomic E-state index is 12.5. The van der Waals surface area contributed by atoms with Crippen LogP contribution in [0.4, 0.5) is 0 Å². The van der Waals surface area contributed by atoms with E-state index in [1.807, 2.05) is 0 Å². The zero-order chi connectivity index (χ0) is 18.6. The van der Waals surface area contributed by atoms with Gasteiger partial charge in [-0.05, 0) is 36.4 Å². The van der Waals surface area contributed by atoms with E-state index in [0.29, 0.717) is 21.3 Å². The third-order valence-corrected chi connectivity index (χ3v) is 5.18. The molecule has 0 unspecified atom stereocenters. The Bertz CT molecular complexity index is 1280. The number of nitrogens with zero attached hydrogens (tertiary/aromatic N) is 2. The highest BCUT2D eigenvalue weighted by Crippen LogP contribution is 2.28. The molecule has 1 aliphatic heterocycles. The molecule has 0 fully saturated rings. The van der Waals surface area contributed by atoms with Crippen molar-refractivity contribution in [2.75, 3.05) is 0 Å². The van der Waals surface area contributed by atoms with Gasteiger partial charge in [0.15, 0.2) is 0 Å². The van der Waals surface area contributed by atoms with Gasteiger partial charge in [0.2, 0.25) is 5.88 Å². The van der Waals surface area contributed by atoms with E-state index in [4.69, 9.17) is 23.2 Å². The van der Waals surface area contributed by atoms with Crippen LogP contribution in [-0.4, -0.2) is 20.8 Å². The molecule has 2 aromatic carbocycles. The molecule has 0 bridgehead atoms. The molecule has 1 amide bonds. The molecule has 9 heteroatoms. The van der Waals surface area contributed by atoms with Crippen molar-refractivity contribution >= 4 is 50.6 Å². The van der Waals surface area contributed by atoms with Gasteiger partial charge in [0.25, 0.3) is 11.5 Å². The van der Waals surface area contributed by atoms with Crippen molar-refractivity contribution in [2.24, 2.45) is 4.99 Å². The lowest BCUT2D eigenvalue weighted by molar-refractivity contribution is -0.112. The molecule has 1 aromatic heterocycles. The number of rotatable bonds is 2. The molecular weight excluding hydrogens is 445 g/mol. The maximum Gasteiger partial charge on any atom is 0.279 e. The van der Waals surface area contributed by atoms with E-state index in [-0.39, 0.29) is 16.2 Å². The molecule has 3 aromatic rings. The molecule has 0 saturated heterocycles. The lowest BCUT2D eigenvalue weighted by Gasteiger charge is -2.06. The second-order valence-corrected chi connectivity index (χ2v) is 7.26. The number of carbonyl (C=O) groups excluding carboxylic acids is 1. The Balaban J connectivity index is 2.01. The number of aromatic nitrogens is 2. The van der Waals surface area contributed by atoms with Crippen molar-refractivity contribution in [3.63, 3.8) is 0 Å². The van der Waals surface area contributed by atoms with E-state index in [9.17, 15) is 14.7 Å². The number of benzene rings is 2. The number of halogens is 3. The van der Waals surface area contributed by atoms with Gasteiger partial charge in [-0.25, -0.2) is 9.67 Å². The van der Waals surface area contributed by atoms with Gasteiger partial charge in [0, 0.05) is 9.69 Å². The first-order valence-corrected chi connectivity index (χ1v) is 8.84. The summed E-state index contributed by atoms with van der Waals surface area (Å²) in [5, 5.41) is 14.6. The number of hydrogen-bond donors (Lipinski definition) is 2. The second-order valence-electron chi connectivity index (χ2n) is 5.53. The van der Waals surface area contributed by atoms with Gasteiger partial charge in [0.05, 0.1) is 26.7 Å². The number of aromatic amines is 1. The Morgan fingerprint density at radius 3 is 2.58 bits per heavy atom. The van der Waals surface area contributed by atoms with Crippen LogP contribution in [0.2, 0.25) is 10.0 Å². The van der Waals surface area contributed by atoms with Crippen LogP contribution in [0, 0.1) is 0 Å². The molecule has 0 spiro atoms. The SMILES string of the molecule is O=C1N=c2ccc(Br)cc2=C1c1c(O)n(-c2ccc(Cl)c(Cl)c2)[nH]c1=O. The summed E-state index contributed by atoms with van der Waals surface area (Å²) in [5.74, 6) is -1.01. The van der Waals surface area contributed by atoms with Gasteiger partial charge < -0.3 is 5.11 Å². The number of aromatic hydroxyl groups is 1. The molecule has 2 heterocycles. The second kappa shape index (κ2) is 6.12. The Hall–Kier alpha value is -2.35. The highest BCUT2D eigenvalue weighted by atomic mass is 79.9. The highest BCUT2D eigenvalue weighted by Gasteiger charge is 2.27. The van der Waals surface area contributed by atoms with Gasteiger partial charge in [0.1, 0.15) is 5.56 Å². The van der Waals surface area contributed by atoms with Crippen LogP contribution in [0.3, 0.4) is 0 Å². The average molecular weight is 453 g/mol. The number of carbonyl (C=O) groups is 1. The Labute approximate surface area is 164 Å². The van der Waals surface area contributed by atoms with Crippen LogP contribution in [0.1, 0.15) is 5.56 Å². The van der Waals surface area contributed by atoms with Crippen molar-refractivity contribution in [3.8, 4) is 11.6 Å². The first-order chi connectivity index (χ1) is 12.4. The molecule has 26 heavy (non-hydrogen) atoms. The Morgan fingerprint density at radius 2 is 1.85 bits per heavy atom. The van der Waals surface area contributed by atoms with Gasteiger partial charge in [-0.3, -0.25) is 14.7 Å². The van der Waals surface area contributed by atoms with Crippen molar-refractivity contribution in [1.29, 1.82) is 0 Å². The summed E-state index contributed by atoms with van der Waals surface area (Å²) in [7, 11) is 0. The fourth-order valence-electron chi connectivity index (χ4n) is 2.79. The lowest BCUT2D eigenvalue weighted by Crippen LogP contribution is -2.24. The summed E-state index contributed by atoms with van der Waals surface area (Å²) in [6.45, 7) is 0. The lowest BCUT2D eigenvalue weighted by atomic mass is 10.1. The van der Waals surface area contributed by atoms with Crippen LogP contribution in [0.15, 0.2) is 50.7 Å². The van der Waals surface area contributed by atoms with Crippen molar-refractivity contribution in [1.82, 2.24) is 9.78 Å². The molecular formula is C17H8BrCl2N3O3. The zero-order valence-corrected chi connectivity index (χ0v) is 15.9. The largest absolute Gasteiger partial charge is 0.493 e. The zero-order valence-electron chi connectivity index (χ0n) is 12.8. The third kappa shape index (κ3) is 2.59. The third-order valence-electron chi connectivity index (χ3n) is 3.95. The van der Waals surface area contributed by atoms with E-state index in [2.05, 4.69) is 26.0 Å². The number of H-pyrrole nitrogens is 1. The van der Waals surface area contributed by atoms with E-state index >= 15 is 0 Å². The number of nitrogens with one attached hydrogen (secondary N) is 1. The summed E-state index contributed by atoms with van der Waals surface area (Å²) >= 11 is 15.2. The minimum atomic E-state index is -0.625. The molecule has 6 nitrogen and oxygen atoms in total. The van der Waals surface area contributed by atoms with Crippen molar-refractivity contribution in [3.05, 3.63) is 77.4 Å². The van der Waals surface area contributed by atoms with Gasteiger partial charge >= 0.3 is 0 Å². The van der Waals surface area contributed by atoms with Gasteiger partial charge in [-0.15, -0.1) is 0 Å². The molecule has 0 atom stereocenters. The first-order valence-electron chi connectivity index (χ1n) is 7.29. The smallest absolute Gasteiger partial charge is 0.279 e. The van der Waals surface area contributed by atoms with Crippen LogP contribution in [0.25, 0.3) is 11.3 Å². The number of fused-ring (bicyclic) bond motifs is 1. The van der Waals surface area contributed by atoms with Crippen LogP contribution >= 0.6 is 39.1 Å². The quantitative estimate of drug-likeness (QED) is 0.625. The fourth-order valence-corrected chi connectivity index (χ4v) is 3.44. The van der Waals surface area contributed by atoms with Gasteiger partial charge in [-0.1, -0.05) is 39.1 Å². The monoisotopic (exact) mass is 451 g/mol. The standard InChI is InChI=1S/C17H8BrCl2N3O3/c18-7-1-4-12-9(5-7)13(15(24)21-12)14-16(25)22-23(17(14)26)8-2-3-10(19)11(20)6-8/h1-6,26H,(H,22,25).